The highest BCUT2D eigenvalue weighted by Gasteiger charge is 2.18. The van der Waals surface area contributed by atoms with Gasteiger partial charge in [-0.1, -0.05) is 384 Å². The highest BCUT2D eigenvalue weighted by molar-refractivity contribution is 5.76. The number of hydrogen-bond donors (Lipinski definition) is 3. The van der Waals surface area contributed by atoms with Gasteiger partial charge in [0.05, 0.1) is 25.4 Å². The van der Waals surface area contributed by atoms with E-state index < -0.39 is 12.1 Å². The number of aliphatic hydroxyl groups excluding tert-OH is 2. The van der Waals surface area contributed by atoms with E-state index in [1.165, 1.54) is 353 Å². The van der Waals surface area contributed by atoms with Crippen LogP contribution in [-0.4, -0.2) is 47.4 Å². The minimum atomic E-state index is -0.843. The van der Waals surface area contributed by atoms with Crippen LogP contribution in [0.4, 0.5) is 0 Å². The number of hydrogen-bond acceptors (Lipinski definition) is 5. The summed E-state index contributed by atoms with van der Waals surface area (Å²) in [5.41, 5.74) is 0. The van der Waals surface area contributed by atoms with Crippen LogP contribution in [0.3, 0.4) is 0 Å². The first-order chi connectivity index (χ1) is 41.5. The van der Waals surface area contributed by atoms with Crippen LogP contribution in [0.15, 0.2) is 36.5 Å². The quantitative estimate of drug-likeness (QED) is 0.0320. The predicted octanol–water partition coefficient (Wildman–Crippen LogP) is 25.0. The Balaban J connectivity index is 3.37. The zero-order valence-corrected chi connectivity index (χ0v) is 56.9. The van der Waals surface area contributed by atoms with Crippen molar-refractivity contribution in [2.24, 2.45) is 0 Å². The SMILES string of the molecule is CCCCCCCCCCCCCCCC/C=C/C(O)C(CO)NC(=O)CCCCCCCCCCCCCCCCCCC/C=C\C/C=C\CCCCCCCCCCCCCCCOC(=O)CCCCCCCCCCCCCCCC. The zero-order valence-electron chi connectivity index (χ0n) is 56.9. The van der Waals surface area contributed by atoms with E-state index in [2.05, 4.69) is 43.5 Å². The third-order valence-electron chi connectivity index (χ3n) is 17.9. The number of rotatable bonds is 72. The number of amides is 1. The van der Waals surface area contributed by atoms with E-state index in [-0.39, 0.29) is 18.5 Å². The van der Waals surface area contributed by atoms with Crippen molar-refractivity contribution in [1.82, 2.24) is 5.32 Å². The van der Waals surface area contributed by atoms with Crippen molar-refractivity contribution in [2.75, 3.05) is 13.2 Å². The third kappa shape index (κ3) is 69.2. The summed E-state index contributed by atoms with van der Waals surface area (Å²) >= 11 is 0. The molecule has 3 N–H and O–H groups in total. The minimum Gasteiger partial charge on any atom is -0.466 e. The largest absolute Gasteiger partial charge is 0.466 e. The fraction of sp³-hybridized carbons (Fsp3) is 0.897. The Kier molecular flexibility index (Phi) is 71.9. The molecule has 1 amide bonds. The van der Waals surface area contributed by atoms with Gasteiger partial charge in [-0.15, -0.1) is 0 Å². The van der Waals surface area contributed by atoms with Gasteiger partial charge < -0.3 is 20.3 Å². The molecule has 0 spiro atoms. The molecule has 0 aliphatic heterocycles. The Labute approximate surface area is 525 Å². The molecule has 0 aromatic carbocycles. The van der Waals surface area contributed by atoms with Gasteiger partial charge in [0.1, 0.15) is 0 Å². The van der Waals surface area contributed by atoms with E-state index in [4.69, 9.17) is 4.74 Å². The number of ether oxygens (including phenoxy) is 1. The number of carbonyl (C=O) groups is 2. The van der Waals surface area contributed by atoms with E-state index >= 15 is 0 Å². The molecule has 0 rings (SSSR count). The van der Waals surface area contributed by atoms with Gasteiger partial charge in [0.15, 0.2) is 0 Å². The van der Waals surface area contributed by atoms with E-state index in [0.717, 1.165) is 44.9 Å². The minimum absolute atomic E-state index is 0.0214. The molecule has 84 heavy (non-hydrogen) atoms. The molecule has 2 unspecified atom stereocenters. The first-order valence-electron chi connectivity index (χ1n) is 38.3. The maximum Gasteiger partial charge on any atom is 0.305 e. The molecule has 0 aromatic rings. The maximum absolute atomic E-state index is 12.5. The number of carbonyl (C=O) groups excluding carboxylic acids is 2. The average Bonchev–Trinajstić information content (AvgIpc) is 3.52. The lowest BCUT2D eigenvalue weighted by atomic mass is 10.0. The van der Waals surface area contributed by atoms with Crippen LogP contribution in [0.25, 0.3) is 0 Å². The van der Waals surface area contributed by atoms with Crippen molar-refractivity contribution < 1.29 is 24.5 Å². The number of aliphatic hydroxyl groups is 2. The summed E-state index contributed by atoms with van der Waals surface area (Å²) in [5.74, 6) is -0.0409. The van der Waals surface area contributed by atoms with Crippen molar-refractivity contribution in [3.8, 4) is 0 Å². The second kappa shape index (κ2) is 73.5. The Bertz CT molecular complexity index is 1360. The molecule has 0 heterocycles. The molecule has 0 aromatic heterocycles. The van der Waals surface area contributed by atoms with Gasteiger partial charge in [-0.3, -0.25) is 9.59 Å². The van der Waals surface area contributed by atoms with Crippen LogP contribution in [0, 0.1) is 0 Å². The number of allylic oxidation sites excluding steroid dienone is 5. The summed E-state index contributed by atoms with van der Waals surface area (Å²) in [7, 11) is 0. The summed E-state index contributed by atoms with van der Waals surface area (Å²) in [4.78, 5) is 24.6. The van der Waals surface area contributed by atoms with Crippen LogP contribution >= 0.6 is 0 Å². The second-order valence-corrected chi connectivity index (χ2v) is 26.3. The Morgan fingerprint density at radius 3 is 0.905 bits per heavy atom. The Hall–Kier alpha value is -1.92. The molecule has 6 nitrogen and oxygen atoms in total. The van der Waals surface area contributed by atoms with Crippen LogP contribution < -0.4 is 5.32 Å². The zero-order chi connectivity index (χ0) is 60.6. The van der Waals surface area contributed by atoms with Crippen molar-refractivity contribution in [3.63, 3.8) is 0 Å². The molecule has 6 heteroatoms. The van der Waals surface area contributed by atoms with Crippen molar-refractivity contribution in [1.29, 1.82) is 0 Å². The highest BCUT2D eigenvalue weighted by atomic mass is 16.5. The molecule has 0 aliphatic rings. The molecule has 496 valence electrons. The first kappa shape index (κ1) is 82.1. The Morgan fingerprint density at radius 1 is 0.333 bits per heavy atom. The molecule has 0 aliphatic carbocycles. The standard InChI is InChI=1S/C78H149NO5/c1-3-5-7-9-11-13-15-17-19-43-46-50-54-58-62-66-70-76(81)75(74-80)79-77(82)71-67-63-59-55-51-47-44-41-39-37-35-33-31-29-27-25-23-21-20-22-24-26-28-30-32-34-36-38-40-42-45-49-53-57-61-65-69-73-84-78(83)72-68-64-60-56-52-48-18-16-14-12-10-8-6-4-2/h20,22,26,28,66,70,75-76,80-81H,3-19,21,23-25,27,29-65,67-69,71-74H2,1-2H3,(H,79,82)/b22-20-,28-26-,70-66+. The fourth-order valence-corrected chi connectivity index (χ4v) is 12.1. The van der Waals surface area contributed by atoms with Crippen LogP contribution in [0.1, 0.15) is 425 Å². The van der Waals surface area contributed by atoms with Crippen LogP contribution in [0.5, 0.6) is 0 Å². The summed E-state index contributed by atoms with van der Waals surface area (Å²) in [6, 6.07) is -0.626. The normalized spacial score (nSPS) is 12.7. The number of unbranched alkanes of at least 4 members (excludes halogenated alkanes) is 57. The Morgan fingerprint density at radius 2 is 0.595 bits per heavy atom. The average molecular weight is 1180 g/mol. The molecule has 0 saturated carbocycles. The first-order valence-corrected chi connectivity index (χ1v) is 38.3. The lowest BCUT2D eigenvalue weighted by Crippen LogP contribution is -2.45. The van der Waals surface area contributed by atoms with Gasteiger partial charge >= 0.3 is 5.97 Å². The summed E-state index contributed by atoms with van der Waals surface area (Å²) in [6.45, 7) is 4.94. The smallest absolute Gasteiger partial charge is 0.305 e. The van der Waals surface area contributed by atoms with E-state index in [0.29, 0.717) is 19.4 Å². The monoisotopic (exact) mass is 1180 g/mol. The summed E-state index contributed by atoms with van der Waals surface area (Å²) in [5, 5.41) is 23.2. The fourth-order valence-electron chi connectivity index (χ4n) is 12.1. The van der Waals surface area contributed by atoms with Gasteiger partial charge in [-0.25, -0.2) is 0 Å². The van der Waals surface area contributed by atoms with Gasteiger partial charge in [0, 0.05) is 12.8 Å². The molecule has 0 radical (unpaired) electrons. The van der Waals surface area contributed by atoms with Crippen molar-refractivity contribution in [2.45, 2.75) is 437 Å². The molecule has 0 bridgehead atoms. The second-order valence-electron chi connectivity index (χ2n) is 26.3. The van der Waals surface area contributed by atoms with E-state index in [9.17, 15) is 19.8 Å². The molecule has 2 atom stereocenters. The summed E-state index contributed by atoms with van der Waals surface area (Å²) in [6.07, 6.45) is 95.5. The third-order valence-corrected chi connectivity index (χ3v) is 17.9. The highest BCUT2D eigenvalue weighted by Crippen LogP contribution is 2.19. The van der Waals surface area contributed by atoms with Gasteiger partial charge in [0.25, 0.3) is 0 Å². The molecular weight excluding hydrogens is 1030 g/mol. The van der Waals surface area contributed by atoms with Gasteiger partial charge in [0.2, 0.25) is 5.91 Å². The van der Waals surface area contributed by atoms with Crippen LogP contribution in [-0.2, 0) is 14.3 Å². The topological polar surface area (TPSA) is 95.9 Å². The lowest BCUT2D eigenvalue weighted by Gasteiger charge is -2.20. The lowest BCUT2D eigenvalue weighted by molar-refractivity contribution is -0.143. The number of nitrogens with one attached hydrogen (secondary N) is 1. The number of esters is 1. The predicted molar refractivity (Wildman–Crippen MR) is 370 cm³/mol. The van der Waals surface area contributed by atoms with Gasteiger partial charge in [-0.2, -0.15) is 0 Å². The maximum atomic E-state index is 12.5. The molecular formula is C78H149NO5. The molecule has 0 fully saturated rings. The van der Waals surface area contributed by atoms with E-state index in [1.807, 2.05) is 6.08 Å². The van der Waals surface area contributed by atoms with Crippen molar-refractivity contribution >= 4 is 11.9 Å². The van der Waals surface area contributed by atoms with Crippen molar-refractivity contribution in [3.05, 3.63) is 36.5 Å². The van der Waals surface area contributed by atoms with E-state index in [1.54, 1.807) is 6.08 Å². The van der Waals surface area contributed by atoms with Gasteiger partial charge in [-0.05, 0) is 64.2 Å². The molecule has 0 saturated heterocycles. The van der Waals surface area contributed by atoms with Crippen LogP contribution in [0.2, 0.25) is 0 Å². The summed E-state index contributed by atoms with van der Waals surface area (Å²) < 4.78 is 5.50.